The van der Waals surface area contributed by atoms with Gasteiger partial charge in [-0.15, -0.1) is 0 Å². The Labute approximate surface area is 121 Å². The molecule has 1 aliphatic rings. The molecule has 0 bridgehead atoms. The zero-order valence-electron chi connectivity index (χ0n) is 12.4. The molecular formula is C14H24N2O3S. The summed E-state index contributed by atoms with van der Waals surface area (Å²) >= 11 is 0. The highest BCUT2D eigenvalue weighted by Gasteiger charge is 2.49. The molecule has 1 saturated carbocycles. The zero-order chi connectivity index (χ0) is 15.0. The number of rotatable bonds is 5. The third-order valence-corrected chi connectivity index (χ3v) is 6.39. The van der Waals surface area contributed by atoms with Gasteiger partial charge in [0, 0.05) is 30.4 Å². The van der Waals surface area contributed by atoms with E-state index in [2.05, 4.69) is 4.90 Å². The van der Waals surface area contributed by atoms with Crippen LogP contribution in [0.25, 0.3) is 0 Å². The minimum absolute atomic E-state index is 0.359. The van der Waals surface area contributed by atoms with Gasteiger partial charge in [0.2, 0.25) is 0 Å². The number of sulfone groups is 1. The molecule has 1 heterocycles. The highest BCUT2D eigenvalue weighted by Crippen LogP contribution is 2.39. The van der Waals surface area contributed by atoms with Crippen LogP contribution in [0.15, 0.2) is 16.7 Å². The van der Waals surface area contributed by atoms with Gasteiger partial charge in [-0.1, -0.05) is 6.42 Å². The van der Waals surface area contributed by atoms with Gasteiger partial charge in [0.15, 0.2) is 9.84 Å². The van der Waals surface area contributed by atoms with Crippen LogP contribution in [-0.2, 0) is 16.4 Å². The molecule has 2 rings (SSSR count). The molecular weight excluding hydrogens is 276 g/mol. The minimum atomic E-state index is -3.10. The van der Waals surface area contributed by atoms with Gasteiger partial charge in [-0.2, -0.15) is 0 Å². The lowest BCUT2D eigenvalue weighted by molar-refractivity contribution is 0.126. The van der Waals surface area contributed by atoms with Crippen molar-refractivity contribution >= 4 is 9.84 Å². The molecule has 1 fully saturated rings. The van der Waals surface area contributed by atoms with Gasteiger partial charge in [-0.3, -0.25) is 4.90 Å². The van der Waals surface area contributed by atoms with E-state index in [1.54, 1.807) is 6.26 Å². The largest absolute Gasteiger partial charge is 0.469 e. The van der Waals surface area contributed by atoms with Gasteiger partial charge in [0.05, 0.1) is 11.5 Å². The number of likely N-dealkylation sites (N-methyl/N-ethyl adjacent to an activating group) is 1. The van der Waals surface area contributed by atoms with Gasteiger partial charge in [0.1, 0.15) is 5.76 Å². The number of hydrogen-bond acceptors (Lipinski definition) is 5. The standard InChI is InChI=1S/C14H24N2O3S/c1-11-12(6-8-19-11)9-16(2)14(10-15)7-4-5-13(14)20(3,17)18/h6,8,13H,4-5,7,9-10,15H2,1-3H3. The third kappa shape index (κ3) is 2.64. The zero-order valence-corrected chi connectivity index (χ0v) is 13.2. The summed E-state index contributed by atoms with van der Waals surface area (Å²) in [4.78, 5) is 2.10. The predicted octanol–water partition coefficient (Wildman–Crippen LogP) is 1.31. The van der Waals surface area contributed by atoms with Crippen molar-refractivity contribution in [1.29, 1.82) is 0 Å². The summed E-state index contributed by atoms with van der Waals surface area (Å²) in [6.45, 7) is 2.94. The third-order valence-electron chi connectivity index (χ3n) is 4.68. The Morgan fingerprint density at radius 1 is 1.55 bits per heavy atom. The van der Waals surface area contributed by atoms with E-state index in [4.69, 9.17) is 10.2 Å². The molecule has 2 atom stereocenters. The lowest BCUT2D eigenvalue weighted by Gasteiger charge is -2.42. The Balaban J connectivity index is 2.28. The molecule has 2 unspecified atom stereocenters. The van der Waals surface area contributed by atoms with E-state index >= 15 is 0 Å². The Hall–Kier alpha value is -0.850. The lowest BCUT2D eigenvalue weighted by atomic mass is 9.94. The van der Waals surface area contributed by atoms with Crippen LogP contribution in [0.1, 0.15) is 30.6 Å². The fraction of sp³-hybridized carbons (Fsp3) is 0.714. The summed E-state index contributed by atoms with van der Waals surface area (Å²) in [6, 6.07) is 1.93. The number of hydrogen-bond donors (Lipinski definition) is 1. The highest BCUT2D eigenvalue weighted by molar-refractivity contribution is 7.91. The number of nitrogens with zero attached hydrogens (tertiary/aromatic N) is 1. The van der Waals surface area contributed by atoms with Crippen molar-refractivity contribution in [2.75, 3.05) is 19.8 Å². The normalized spacial score (nSPS) is 27.4. The first-order valence-corrected chi connectivity index (χ1v) is 8.90. The average molecular weight is 300 g/mol. The second-order valence-corrected chi connectivity index (χ2v) is 8.10. The van der Waals surface area contributed by atoms with Crippen molar-refractivity contribution in [2.45, 2.75) is 43.5 Å². The summed E-state index contributed by atoms with van der Waals surface area (Å²) in [5, 5.41) is -0.378. The molecule has 0 aromatic carbocycles. The fourth-order valence-electron chi connectivity index (χ4n) is 3.45. The SMILES string of the molecule is Cc1occc1CN(C)C1(CN)CCCC1S(C)(=O)=O. The molecule has 0 saturated heterocycles. The monoisotopic (exact) mass is 300 g/mol. The van der Waals surface area contributed by atoms with E-state index < -0.39 is 15.4 Å². The molecule has 1 aliphatic carbocycles. The van der Waals surface area contributed by atoms with Crippen molar-refractivity contribution in [1.82, 2.24) is 4.90 Å². The van der Waals surface area contributed by atoms with Crippen molar-refractivity contribution in [3.05, 3.63) is 23.7 Å². The molecule has 5 nitrogen and oxygen atoms in total. The Morgan fingerprint density at radius 2 is 2.25 bits per heavy atom. The summed E-state index contributed by atoms with van der Waals surface area (Å²) in [6.07, 6.45) is 5.42. The van der Waals surface area contributed by atoms with E-state index in [9.17, 15) is 8.42 Å². The van der Waals surface area contributed by atoms with E-state index in [0.29, 0.717) is 19.5 Å². The average Bonchev–Trinajstić information content (AvgIpc) is 2.96. The molecule has 114 valence electrons. The molecule has 2 N–H and O–H groups in total. The number of nitrogens with two attached hydrogens (primary N) is 1. The van der Waals surface area contributed by atoms with Crippen LogP contribution in [0.3, 0.4) is 0 Å². The van der Waals surface area contributed by atoms with Crippen LogP contribution in [0.4, 0.5) is 0 Å². The van der Waals surface area contributed by atoms with E-state index in [1.165, 1.54) is 6.26 Å². The first-order chi connectivity index (χ1) is 9.31. The number of aryl methyl sites for hydroxylation is 1. The van der Waals surface area contributed by atoms with Crippen LogP contribution in [0.2, 0.25) is 0 Å². The smallest absolute Gasteiger partial charge is 0.152 e. The maximum Gasteiger partial charge on any atom is 0.152 e. The Kier molecular flexibility index (Phi) is 4.27. The molecule has 0 radical (unpaired) electrons. The van der Waals surface area contributed by atoms with Crippen LogP contribution < -0.4 is 5.73 Å². The summed E-state index contributed by atoms with van der Waals surface area (Å²) < 4.78 is 29.5. The van der Waals surface area contributed by atoms with Crippen LogP contribution in [-0.4, -0.2) is 44.0 Å². The maximum atomic E-state index is 12.1. The summed E-state index contributed by atoms with van der Waals surface area (Å²) in [7, 11) is -1.14. The van der Waals surface area contributed by atoms with Crippen LogP contribution in [0, 0.1) is 6.92 Å². The first kappa shape index (κ1) is 15.5. The van der Waals surface area contributed by atoms with E-state index in [-0.39, 0.29) is 5.25 Å². The van der Waals surface area contributed by atoms with Gasteiger partial charge in [0.25, 0.3) is 0 Å². The Morgan fingerprint density at radius 3 is 2.75 bits per heavy atom. The van der Waals surface area contributed by atoms with Crippen molar-refractivity contribution in [3.63, 3.8) is 0 Å². The second-order valence-electron chi connectivity index (χ2n) is 5.88. The molecule has 0 spiro atoms. The van der Waals surface area contributed by atoms with Gasteiger partial charge in [-0.05, 0) is 32.9 Å². The molecule has 1 aromatic rings. The molecule has 1 aromatic heterocycles. The van der Waals surface area contributed by atoms with Crippen molar-refractivity contribution in [3.8, 4) is 0 Å². The highest BCUT2D eigenvalue weighted by atomic mass is 32.2. The second kappa shape index (κ2) is 5.50. The first-order valence-electron chi connectivity index (χ1n) is 6.94. The summed E-state index contributed by atoms with van der Waals surface area (Å²) in [5.41, 5.74) is 6.62. The van der Waals surface area contributed by atoms with Crippen molar-refractivity contribution in [2.24, 2.45) is 5.73 Å². The number of furan rings is 1. The van der Waals surface area contributed by atoms with Gasteiger partial charge in [-0.25, -0.2) is 8.42 Å². The van der Waals surface area contributed by atoms with Gasteiger partial charge < -0.3 is 10.2 Å². The summed E-state index contributed by atoms with van der Waals surface area (Å²) in [5.74, 6) is 0.873. The molecule has 20 heavy (non-hydrogen) atoms. The predicted molar refractivity (Wildman–Crippen MR) is 79.2 cm³/mol. The van der Waals surface area contributed by atoms with Crippen LogP contribution in [0.5, 0.6) is 0 Å². The van der Waals surface area contributed by atoms with Crippen LogP contribution >= 0.6 is 0 Å². The minimum Gasteiger partial charge on any atom is -0.469 e. The van der Waals surface area contributed by atoms with E-state index in [1.807, 2.05) is 20.0 Å². The van der Waals surface area contributed by atoms with Gasteiger partial charge >= 0.3 is 0 Å². The topological polar surface area (TPSA) is 76.5 Å². The fourth-order valence-corrected chi connectivity index (χ4v) is 5.24. The van der Waals surface area contributed by atoms with E-state index in [0.717, 1.165) is 24.2 Å². The maximum absolute atomic E-state index is 12.1. The molecule has 0 aliphatic heterocycles. The lowest BCUT2D eigenvalue weighted by Crippen LogP contribution is -2.58. The Bertz CT molecular complexity index is 567. The quantitative estimate of drug-likeness (QED) is 0.887. The molecule has 6 heteroatoms. The van der Waals surface area contributed by atoms with Crippen molar-refractivity contribution < 1.29 is 12.8 Å². The molecule has 0 amide bonds.